The zero-order valence-electron chi connectivity index (χ0n) is 24.5. The van der Waals surface area contributed by atoms with Crippen molar-refractivity contribution < 1.29 is 33.3 Å². The van der Waals surface area contributed by atoms with Gasteiger partial charge in [0.2, 0.25) is 0 Å². The molecule has 1 fully saturated rings. The van der Waals surface area contributed by atoms with Crippen LogP contribution in [0.1, 0.15) is 43.0 Å². The molecule has 0 radical (unpaired) electrons. The number of hydrogen-bond donors (Lipinski definition) is 0. The van der Waals surface area contributed by atoms with E-state index in [9.17, 15) is 14.4 Å². The summed E-state index contributed by atoms with van der Waals surface area (Å²) in [6, 6.07) is 27.5. The summed E-state index contributed by atoms with van der Waals surface area (Å²) in [4.78, 5) is 49.8. The standard InChI is InChI=1S/C35H27N3O7S/c1-21-27-25-17-18-46-32(25)38(30(27)37-20-36-21)31-29(45-35(41)24-15-9-4-10-16-24)28(44-34(40)23-13-7-3-8-14-23)26(43-31)19-42-33(39)22-11-5-2-6-12-22/h2-18,20,26,28-29,31H,19H2,1H3/t26-,28-,29-,31-/m1/s1. The van der Waals surface area contributed by atoms with E-state index in [-0.39, 0.29) is 6.61 Å². The summed E-state index contributed by atoms with van der Waals surface area (Å²) in [7, 11) is 0. The second-order valence-electron chi connectivity index (χ2n) is 10.7. The van der Waals surface area contributed by atoms with Crippen molar-refractivity contribution in [2.45, 2.75) is 31.5 Å². The van der Waals surface area contributed by atoms with Crippen molar-refractivity contribution in [3.05, 3.63) is 131 Å². The van der Waals surface area contributed by atoms with Crippen molar-refractivity contribution in [1.29, 1.82) is 0 Å². The SMILES string of the molecule is Cc1ncnc2c1c1ccsc1n2[C@@H]1O[C@H](COC(=O)c2ccccc2)[C@@H](OC(=O)c2ccccc2)[C@H]1OC(=O)c1ccccc1. The highest BCUT2D eigenvalue weighted by atomic mass is 32.1. The lowest BCUT2D eigenvalue weighted by molar-refractivity contribution is -0.0587. The number of nitrogens with zero attached hydrogens (tertiary/aromatic N) is 3. The first-order chi connectivity index (χ1) is 22.5. The third-order valence-corrected chi connectivity index (χ3v) is 8.72. The van der Waals surface area contributed by atoms with Crippen LogP contribution in [0.15, 0.2) is 109 Å². The van der Waals surface area contributed by atoms with Gasteiger partial charge in [-0.15, -0.1) is 11.3 Å². The third kappa shape index (κ3) is 5.50. The number of ether oxygens (including phenoxy) is 4. The molecule has 3 aromatic heterocycles. The van der Waals surface area contributed by atoms with Gasteiger partial charge >= 0.3 is 17.9 Å². The Morgan fingerprint density at radius 2 is 1.33 bits per heavy atom. The fraction of sp³-hybridized carbons (Fsp3) is 0.171. The maximum atomic E-state index is 13.6. The molecule has 46 heavy (non-hydrogen) atoms. The lowest BCUT2D eigenvalue weighted by atomic mass is 10.1. The molecule has 0 N–H and O–H groups in total. The number of thiophene rings is 1. The van der Waals surface area contributed by atoms with E-state index in [0.29, 0.717) is 22.3 Å². The Kier molecular flexibility index (Phi) is 8.00. The summed E-state index contributed by atoms with van der Waals surface area (Å²) in [6.07, 6.45) is -2.87. The maximum absolute atomic E-state index is 13.6. The van der Waals surface area contributed by atoms with Crippen molar-refractivity contribution >= 4 is 50.5 Å². The molecule has 7 rings (SSSR count). The van der Waals surface area contributed by atoms with Gasteiger partial charge in [-0.3, -0.25) is 4.57 Å². The lowest BCUT2D eigenvalue weighted by Crippen LogP contribution is -2.41. The van der Waals surface area contributed by atoms with E-state index in [4.69, 9.17) is 18.9 Å². The number of aryl methyl sites for hydroxylation is 1. The molecule has 4 heterocycles. The van der Waals surface area contributed by atoms with E-state index in [1.807, 2.05) is 22.9 Å². The van der Waals surface area contributed by atoms with Crippen LogP contribution < -0.4 is 0 Å². The summed E-state index contributed by atoms with van der Waals surface area (Å²) < 4.78 is 26.4. The minimum Gasteiger partial charge on any atom is -0.459 e. The summed E-state index contributed by atoms with van der Waals surface area (Å²) in [5, 5.41) is 3.68. The fourth-order valence-electron chi connectivity index (χ4n) is 5.63. The van der Waals surface area contributed by atoms with Gasteiger partial charge in [-0.2, -0.15) is 0 Å². The average Bonchev–Trinajstić information content (AvgIpc) is 3.78. The molecule has 11 heteroatoms. The van der Waals surface area contributed by atoms with Crippen LogP contribution in [0.5, 0.6) is 0 Å². The van der Waals surface area contributed by atoms with Gasteiger partial charge in [0, 0.05) is 10.8 Å². The topological polar surface area (TPSA) is 119 Å². The minimum absolute atomic E-state index is 0.281. The molecule has 6 aromatic rings. The molecule has 0 unspecified atom stereocenters. The van der Waals surface area contributed by atoms with Gasteiger partial charge in [0.25, 0.3) is 0 Å². The molecule has 1 aliphatic rings. The van der Waals surface area contributed by atoms with E-state index in [1.54, 1.807) is 91.0 Å². The number of esters is 3. The van der Waals surface area contributed by atoms with Crippen molar-refractivity contribution in [2.24, 2.45) is 0 Å². The zero-order valence-corrected chi connectivity index (χ0v) is 25.3. The first kappa shape index (κ1) is 29.3. The molecule has 0 spiro atoms. The quantitative estimate of drug-likeness (QED) is 0.143. The molecule has 0 aliphatic carbocycles. The van der Waals surface area contributed by atoms with E-state index in [0.717, 1.165) is 21.3 Å². The van der Waals surface area contributed by atoms with Gasteiger partial charge < -0.3 is 18.9 Å². The van der Waals surface area contributed by atoms with Gasteiger partial charge in [-0.1, -0.05) is 54.6 Å². The van der Waals surface area contributed by atoms with Gasteiger partial charge in [0.05, 0.1) is 22.4 Å². The number of carbonyl (C=O) groups is 3. The van der Waals surface area contributed by atoms with Gasteiger partial charge in [-0.25, -0.2) is 24.4 Å². The third-order valence-electron chi connectivity index (χ3n) is 7.81. The molecule has 10 nitrogen and oxygen atoms in total. The summed E-state index contributed by atoms with van der Waals surface area (Å²) >= 11 is 1.46. The van der Waals surface area contributed by atoms with E-state index < -0.39 is 42.4 Å². The summed E-state index contributed by atoms with van der Waals surface area (Å²) in [5.41, 5.74) is 2.30. The van der Waals surface area contributed by atoms with Gasteiger partial charge in [0.15, 0.2) is 18.4 Å². The van der Waals surface area contributed by atoms with Crippen LogP contribution in [0.2, 0.25) is 0 Å². The highest BCUT2D eigenvalue weighted by molar-refractivity contribution is 7.17. The van der Waals surface area contributed by atoms with Gasteiger partial charge in [-0.05, 0) is 54.8 Å². The Labute approximate surface area is 267 Å². The highest BCUT2D eigenvalue weighted by Crippen LogP contribution is 2.42. The van der Waals surface area contributed by atoms with Crippen LogP contribution in [0.3, 0.4) is 0 Å². The molecule has 4 atom stereocenters. The normalized spacial score (nSPS) is 19.2. The van der Waals surface area contributed by atoms with Crippen LogP contribution in [0.25, 0.3) is 21.3 Å². The molecular weight excluding hydrogens is 606 g/mol. The zero-order chi connectivity index (χ0) is 31.6. The molecule has 0 amide bonds. The molecule has 230 valence electrons. The Morgan fingerprint density at radius 1 is 0.761 bits per heavy atom. The average molecular weight is 634 g/mol. The first-order valence-electron chi connectivity index (χ1n) is 14.6. The van der Waals surface area contributed by atoms with Crippen molar-refractivity contribution in [2.75, 3.05) is 6.61 Å². The predicted octanol–water partition coefficient (Wildman–Crippen LogP) is 6.16. The maximum Gasteiger partial charge on any atom is 0.338 e. The largest absolute Gasteiger partial charge is 0.459 e. The summed E-state index contributed by atoms with van der Waals surface area (Å²) in [5.74, 6) is -1.85. The highest BCUT2D eigenvalue weighted by Gasteiger charge is 2.52. The molecule has 1 aliphatic heterocycles. The van der Waals surface area contributed by atoms with Crippen LogP contribution in [-0.4, -0.2) is 57.4 Å². The number of aromatic nitrogens is 3. The number of benzene rings is 3. The smallest absolute Gasteiger partial charge is 0.338 e. The molecule has 1 saturated heterocycles. The van der Waals surface area contributed by atoms with Crippen LogP contribution in [0.4, 0.5) is 0 Å². The number of hydrogen-bond acceptors (Lipinski definition) is 10. The van der Waals surface area contributed by atoms with E-state index in [1.165, 1.54) is 17.7 Å². The Bertz CT molecular complexity index is 2030. The monoisotopic (exact) mass is 633 g/mol. The Balaban J connectivity index is 1.32. The first-order valence-corrected chi connectivity index (χ1v) is 15.5. The summed E-state index contributed by atoms with van der Waals surface area (Å²) in [6.45, 7) is 1.61. The van der Waals surface area contributed by atoms with E-state index in [2.05, 4.69) is 9.97 Å². The van der Waals surface area contributed by atoms with E-state index >= 15 is 0 Å². The number of rotatable bonds is 8. The molecule has 0 bridgehead atoms. The fourth-order valence-corrected chi connectivity index (χ4v) is 6.57. The molecule has 0 saturated carbocycles. The lowest BCUT2D eigenvalue weighted by Gasteiger charge is -2.25. The Morgan fingerprint density at radius 3 is 1.93 bits per heavy atom. The predicted molar refractivity (Wildman–Crippen MR) is 170 cm³/mol. The van der Waals surface area contributed by atoms with Crippen LogP contribution >= 0.6 is 11.3 Å². The van der Waals surface area contributed by atoms with Crippen molar-refractivity contribution in [3.63, 3.8) is 0 Å². The van der Waals surface area contributed by atoms with Crippen LogP contribution in [-0.2, 0) is 18.9 Å². The van der Waals surface area contributed by atoms with Crippen molar-refractivity contribution in [1.82, 2.24) is 14.5 Å². The minimum atomic E-state index is -1.16. The molecular formula is C35H27N3O7S. The van der Waals surface area contributed by atoms with Crippen molar-refractivity contribution in [3.8, 4) is 0 Å². The second-order valence-corrected chi connectivity index (χ2v) is 11.6. The second kappa shape index (κ2) is 12.5. The van der Waals surface area contributed by atoms with Gasteiger partial charge in [0.1, 0.15) is 29.5 Å². The Hall–Kier alpha value is -5.39. The number of fused-ring (bicyclic) bond motifs is 3. The number of carbonyl (C=O) groups excluding carboxylic acids is 3. The van der Waals surface area contributed by atoms with Crippen LogP contribution in [0, 0.1) is 6.92 Å². The molecule has 3 aromatic carbocycles.